The Bertz CT molecular complexity index is 387. The number of rotatable bonds is 2. The minimum absolute atomic E-state index is 0.0935. The number of hydrogen-bond donors (Lipinski definition) is 2. The van der Waals surface area contributed by atoms with Crippen LogP contribution < -0.4 is 5.73 Å². The number of hydrogen-bond acceptors (Lipinski definition) is 3. The number of phenols is 1. The van der Waals surface area contributed by atoms with E-state index in [2.05, 4.69) is 0 Å². The Labute approximate surface area is 79.4 Å². The molecule has 74 valence electrons. The van der Waals surface area contributed by atoms with E-state index in [-0.39, 0.29) is 12.0 Å². The van der Waals surface area contributed by atoms with Crippen molar-refractivity contribution in [1.29, 1.82) is 5.26 Å². The smallest absolute Gasteiger partial charge is 0.168 e. The minimum atomic E-state index is -1.08. The van der Waals surface area contributed by atoms with Crippen molar-refractivity contribution in [2.75, 3.05) is 0 Å². The third kappa shape index (κ3) is 1.98. The van der Waals surface area contributed by atoms with Crippen molar-refractivity contribution < 1.29 is 13.9 Å². The van der Waals surface area contributed by atoms with Crippen molar-refractivity contribution in [3.05, 3.63) is 29.3 Å². The van der Waals surface area contributed by atoms with Crippen LogP contribution >= 0.6 is 0 Å². The number of nitrogens with two attached hydrogens (primary N) is 1. The van der Waals surface area contributed by atoms with Crippen molar-refractivity contribution in [3.63, 3.8) is 0 Å². The Kier molecular flexibility index (Phi) is 2.99. The van der Waals surface area contributed by atoms with E-state index >= 15 is 0 Å². The van der Waals surface area contributed by atoms with Gasteiger partial charge in [0.1, 0.15) is 5.82 Å². The Balaban J connectivity index is 3.14. The normalized spacial score (nSPS) is 12.1. The van der Waals surface area contributed by atoms with Gasteiger partial charge in [0.05, 0.1) is 12.5 Å². The van der Waals surface area contributed by atoms with Gasteiger partial charge in [0.2, 0.25) is 0 Å². The van der Waals surface area contributed by atoms with E-state index in [0.29, 0.717) is 6.07 Å². The van der Waals surface area contributed by atoms with E-state index in [4.69, 9.17) is 11.0 Å². The van der Waals surface area contributed by atoms with Gasteiger partial charge in [0.25, 0.3) is 0 Å². The summed E-state index contributed by atoms with van der Waals surface area (Å²) in [6.07, 6.45) is -0.115. The third-order valence-corrected chi connectivity index (χ3v) is 1.77. The third-order valence-electron chi connectivity index (χ3n) is 1.77. The summed E-state index contributed by atoms with van der Waals surface area (Å²) in [7, 11) is 0. The van der Waals surface area contributed by atoms with Crippen LogP contribution in [0.2, 0.25) is 0 Å². The van der Waals surface area contributed by atoms with E-state index in [1.807, 2.05) is 0 Å². The van der Waals surface area contributed by atoms with E-state index in [1.54, 1.807) is 6.07 Å². The van der Waals surface area contributed by atoms with Crippen LogP contribution in [0.3, 0.4) is 0 Å². The standard InChI is InChI=1S/C9H8F2N2O/c10-5-3-6(8(13)1-2-12)9(14)7(11)4-5/h3-4,8,14H,1,13H2/t8-/m1/s1. The lowest BCUT2D eigenvalue weighted by Gasteiger charge is -2.10. The predicted octanol–water partition coefficient (Wildman–Crippen LogP) is 1.58. The Morgan fingerprint density at radius 2 is 2.14 bits per heavy atom. The molecule has 0 heterocycles. The number of phenolic OH excluding ortho intramolecular Hbond substituents is 1. The first-order valence-corrected chi connectivity index (χ1v) is 3.86. The molecule has 5 heteroatoms. The topological polar surface area (TPSA) is 70.0 Å². The lowest BCUT2D eigenvalue weighted by molar-refractivity contribution is 0.416. The quantitative estimate of drug-likeness (QED) is 0.757. The van der Waals surface area contributed by atoms with Gasteiger partial charge in [-0.1, -0.05) is 0 Å². The van der Waals surface area contributed by atoms with E-state index in [0.717, 1.165) is 6.07 Å². The molecule has 1 aromatic rings. The molecule has 0 aliphatic heterocycles. The number of aromatic hydroxyl groups is 1. The van der Waals surface area contributed by atoms with Gasteiger partial charge < -0.3 is 10.8 Å². The first kappa shape index (κ1) is 10.4. The maximum Gasteiger partial charge on any atom is 0.168 e. The van der Waals surface area contributed by atoms with Crippen molar-refractivity contribution in [2.45, 2.75) is 12.5 Å². The lowest BCUT2D eigenvalue weighted by atomic mass is 10.0. The molecule has 1 aromatic carbocycles. The summed E-state index contributed by atoms with van der Waals surface area (Å²) >= 11 is 0. The molecule has 1 atom stereocenters. The van der Waals surface area contributed by atoms with Crippen LogP contribution in [0.4, 0.5) is 8.78 Å². The molecule has 0 aliphatic carbocycles. The Hall–Kier alpha value is -1.67. The molecule has 0 bridgehead atoms. The summed E-state index contributed by atoms with van der Waals surface area (Å²) < 4.78 is 25.5. The molecule has 0 fully saturated rings. The molecule has 0 unspecified atom stereocenters. The molecule has 0 saturated heterocycles. The van der Waals surface area contributed by atoms with E-state index < -0.39 is 23.4 Å². The van der Waals surface area contributed by atoms with Gasteiger partial charge >= 0.3 is 0 Å². The molecule has 0 aliphatic rings. The fraction of sp³-hybridized carbons (Fsp3) is 0.222. The number of halogens is 2. The number of nitriles is 1. The largest absolute Gasteiger partial charge is 0.505 e. The summed E-state index contributed by atoms with van der Waals surface area (Å²) in [5, 5.41) is 17.5. The van der Waals surface area contributed by atoms with Crippen LogP contribution in [0.25, 0.3) is 0 Å². The minimum Gasteiger partial charge on any atom is -0.505 e. The summed E-state index contributed by atoms with van der Waals surface area (Å²) in [6, 6.07) is 2.34. The molecule has 0 spiro atoms. The zero-order valence-corrected chi connectivity index (χ0v) is 7.17. The molecule has 1 rings (SSSR count). The number of nitrogens with zero attached hydrogens (tertiary/aromatic N) is 1. The first-order valence-electron chi connectivity index (χ1n) is 3.86. The average Bonchev–Trinajstić information content (AvgIpc) is 2.11. The van der Waals surface area contributed by atoms with Gasteiger partial charge in [-0.15, -0.1) is 0 Å². The predicted molar refractivity (Wildman–Crippen MR) is 45.2 cm³/mol. The van der Waals surface area contributed by atoms with Crippen LogP contribution in [0.5, 0.6) is 5.75 Å². The SMILES string of the molecule is N#CC[C@@H](N)c1cc(F)cc(F)c1O. The average molecular weight is 198 g/mol. The van der Waals surface area contributed by atoms with E-state index in [1.165, 1.54) is 0 Å². The fourth-order valence-corrected chi connectivity index (χ4v) is 1.08. The second kappa shape index (κ2) is 4.03. The van der Waals surface area contributed by atoms with Gasteiger partial charge in [0.15, 0.2) is 11.6 Å². The van der Waals surface area contributed by atoms with Gasteiger partial charge in [-0.3, -0.25) is 0 Å². The second-order valence-corrected chi connectivity index (χ2v) is 2.79. The van der Waals surface area contributed by atoms with Crippen LogP contribution in [-0.4, -0.2) is 5.11 Å². The van der Waals surface area contributed by atoms with Crippen molar-refractivity contribution in [1.82, 2.24) is 0 Å². The van der Waals surface area contributed by atoms with Gasteiger partial charge in [-0.05, 0) is 6.07 Å². The molecule has 0 radical (unpaired) electrons. The first-order chi connectivity index (χ1) is 6.56. The molecular weight excluding hydrogens is 190 g/mol. The maximum atomic E-state index is 12.8. The van der Waals surface area contributed by atoms with Crippen molar-refractivity contribution in [2.24, 2.45) is 5.73 Å². The molecule has 0 aromatic heterocycles. The highest BCUT2D eigenvalue weighted by atomic mass is 19.1. The zero-order chi connectivity index (χ0) is 10.7. The summed E-state index contributed by atoms with van der Waals surface area (Å²) in [4.78, 5) is 0. The highest BCUT2D eigenvalue weighted by molar-refractivity contribution is 5.36. The molecule has 0 amide bonds. The fourth-order valence-electron chi connectivity index (χ4n) is 1.08. The highest BCUT2D eigenvalue weighted by Gasteiger charge is 2.15. The van der Waals surface area contributed by atoms with Gasteiger partial charge in [-0.2, -0.15) is 5.26 Å². The maximum absolute atomic E-state index is 12.8. The Morgan fingerprint density at radius 3 is 2.71 bits per heavy atom. The summed E-state index contributed by atoms with van der Waals surface area (Å²) in [6.45, 7) is 0. The van der Waals surface area contributed by atoms with Crippen molar-refractivity contribution in [3.8, 4) is 11.8 Å². The van der Waals surface area contributed by atoms with Gasteiger partial charge in [0, 0.05) is 17.7 Å². The lowest BCUT2D eigenvalue weighted by Crippen LogP contribution is -2.10. The van der Waals surface area contributed by atoms with Crippen LogP contribution in [-0.2, 0) is 0 Å². The molecule has 3 nitrogen and oxygen atoms in total. The number of benzene rings is 1. The molecular formula is C9H8F2N2O. The second-order valence-electron chi connectivity index (χ2n) is 2.79. The van der Waals surface area contributed by atoms with Crippen LogP contribution in [0.1, 0.15) is 18.0 Å². The van der Waals surface area contributed by atoms with Crippen LogP contribution in [0.15, 0.2) is 12.1 Å². The van der Waals surface area contributed by atoms with Crippen LogP contribution in [0, 0.1) is 23.0 Å². The summed E-state index contributed by atoms with van der Waals surface area (Å²) in [5.41, 5.74) is 5.33. The highest BCUT2D eigenvalue weighted by Crippen LogP contribution is 2.28. The van der Waals surface area contributed by atoms with Gasteiger partial charge in [-0.25, -0.2) is 8.78 Å². The zero-order valence-electron chi connectivity index (χ0n) is 7.17. The summed E-state index contributed by atoms with van der Waals surface area (Å²) in [5.74, 6) is -2.61. The van der Waals surface area contributed by atoms with E-state index in [9.17, 15) is 13.9 Å². The van der Waals surface area contributed by atoms with Crippen molar-refractivity contribution >= 4 is 0 Å². The Morgan fingerprint density at radius 1 is 1.50 bits per heavy atom. The molecule has 14 heavy (non-hydrogen) atoms. The monoisotopic (exact) mass is 198 g/mol. The molecule has 0 saturated carbocycles. The molecule has 3 N–H and O–H groups in total.